The van der Waals surface area contributed by atoms with Crippen LogP contribution in [-0.2, 0) is 0 Å². The Morgan fingerprint density at radius 1 is 0.880 bits per heavy atom. The van der Waals surface area contributed by atoms with E-state index in [-0.39, 0.29) is 5.91 Å². The summed E-state index contributed by atoms with van der Waals surface area (Å²) in [5.41, 5.74) is 1.22. The third-order valence-corrected chi connectivity index (χ3v) is 3.97. The van der Waals surface area contributed by atoms with Gasteiger partial charge in [-0.3, -0.25) is 4.79 Å². The molecule has 0 aromatic heterocycles. The molecule has 0 saturated heterocycles. The lowest BCUT2D eigenvalue weighted by Gasteiger charge is -2.08. The first-order chi connectivity index (χ1) is 12.2. The average Bonchev–Trinajstić information content (AvgIpc) is 2.65. The molecular weight excluding hydrogens is 332 g/mol. The normalized spacial score (nSPS) is 9.88. The number of para-hydroxylation sites is 1. The molecule has 122 valence electrons. The van der Waals surface area contributed by atoms with E-state index in [4.69, 9.17) is 10.00 Å². The molecule has 1 amide bonds. The second-order valence-electron chi connectivity index (χ2n) is 5.11. The van der Waals surface area contributed by atoms with Crippen molar-refractivity contribution in [2.75, 3.05) is 5.32 Å². The van der Waals surface area contributed by atoms with Crippen LogP contribution in [0.4, 0.5) is 5.69 Å². The molecule has 0 saturated carbocycles. The number of nitrogens with zero attached hydrogens (tertiary/aromatic N) is 1. The quantitative estimate of drug-likeness (QED) is 0.503. The van der Waals surface area contributed by atoms with Crippen molar-refractivity contribution in [1.29, 1.82) is 5.26 Å². The van der Waals surface area contributed by atoms with Crippen LogP contribution in [0.15, 0.2) is 83.8 Å². The van der Waals surface area contributed by atoms with Crippen molar-refractivity contribution >= 4 is 23.4 Å². The number of anilines is 1. The molecule has 25 heavy (non-hydrogen) atoms. The number of rotatable bonds is 5. The second kappa shape index (κ2) is 8.04. The van der Waals surface area contributed by atoms with Gasteiger partial charge in [0.15, 0.2) is 0 Å². The largest absolute Gasteiger partial charge is 0.457 e. The number of thiocyanates is 1. The highest BCUT2D eigenvalue weighted by Gasteiger charge is 2.07. The summed E-state index contributed by atoms with van der Waals surface area (Å²) in [6.45, 7) is 0. The predicted molar refractivity (Wildman–Crippen MR) is 98.8 cm³/mol. The van der Waals surface area contributed by atoms with Crippen molar-refractivity contribution in [3.05, 3.63) is 84.4 Å². The standard InChI is InChI=1S/C20H14N2O2S/c21-14-25-19-12-8-16(9-13-19)22-20(23)15-6-10-18(11-7-15)24-17-4-2-1-3-5-17/h1-13H,(H,22,23). The summed E-state index contributed by atoms with van der Waals surface area (Å²) >= 11 is 1.08. The first kappa shape index (κ1) is 16.6. The molecule has 3 rings (SSSR count). The Morgan fingerprint density at radius 2 is 1.52 bits per heavy atom. The molecule has 0 aliphatic carbocycles. The smallest absolute Gasteiger partial charge is 0.255 e. The molecule has 1 N–H and O–H groups in total. The maximum Gasteiger partial charge on any atom is 0.255 e. The van der Waals surface area contributed by atoms with E-state index in [2.05, 4.69) is 5.32 Å². The molecule has 0 radical (unpaired) electrons. The molecule has 0 unspecified atom stereocenters. The number of amides is 1. The van der Waals surface area contributed by atoms with Crippen LogP contribution in [0.5, 0.6) is 11.5 Å². The first-order valence-corrected chi connectivity index (χ1v) is 8.36. The van der Waals surface area contributed by atoms with Gasteiger partial charge in [-0.2, -0.15) is 5.26 Å². The van der Waals surface area contributed by atoms with Crippen molar-refractivity contribution in [2.45, 2.75) is 4.90 Å². The highest BCUT2D eigenvalue weighted by Crippen LogP contribution is 2.22. The fraction of sp³-hybridized carbons (Fsp3) is 0. The summed E-state index contributed by atoms with van der Waals surface area (Å²) in [7, 11) is 0. The summed E-state index contributed by atoms with van der Waals surface area (Å²) in [6, 6.07) is 23.5. The van der Waals surface area contributed by atoms with E-state index in [1.807, 2.05) is 35.7 Å². The number of nitriles is 1. The third kappa shape index (κ3) is 4.63. The van der Waals surface area contributed by atoms with Crippen LogP contribution in [0.25, 0.3) is 0 Å². The lowest BCUT2D eigenvalue weighted by molar-refractivity contribution is 0.102. The van der Waals surface area contributed by atoms with Gasteiger partial charge in [0.05, 0.1) is 0 Å². The third-order valence-electron chi connectivity index (χ3n) is 3.37. The summed E-state index contributed by atoms with van der Waals surface area (Å²) in [5.74, 6) is 1.21. The van der Waals surface area contributed by atoms with E-state index in [0.717, 1.165) is 22.4 Å². The fourth-order valence-corrected chi connectivity index (χ4v) is 2.54. The van der Waals surface area contributed by atoms with Crippen molar-refractivity contribution < 1.29 is 9.53 Å². The topological polar surface area (TPSA) is 62.1 Å². The van der Waals surface area contributed by atoms with Crippen molar-refractivity contribution in [2.24, 2.45) is 0 Å². The number of nitrogens with one attached hydrogen (secondary N) is 1. The lowest BCUT2D eigenvalue weighted by atomic mass is 10.2. The summed E-state index contributed by atoms with van der Waals surface area (Å²) in [6.07, 6.45) is 0. The molecule has 3 aromatic rings. The molecule has 0 heterocycles. The zero-order chi connectivity index (χ0) is 17.5. The molecule has 3 aromatic carbocycles. The number of benzene rings is 3. The van der Waals surface area contributed by atoms with Crippen LogP contribution in [0, 0.1) is 10.7 Å². The van der Waals surface area contributed by atoms with E-state index < -0.39 is 0 Å². The van der Waals surface area contributed by atoms with E-state index in [1.165, 1.54) is 0 Å². The molecule has 0 atom stereocenters. The predicted octanol–water partition coefficient (Wildman–Crippen LogP) is 5.30. The van der Waals surface area contributed by atoms with Gasteiger partial charge in [0.25, 0.3) is 5.91 Å². The number of hydrogen-bond donors (Lipinski definition) is 1. The molecule has 5 heteroatoms. The SMILES string of the molecule is N#CSc1ccc(NC(=O)c2ccc(Oc3ccccc3)cc2)cc1. The highest BCUT2D eigenvalue weighted by atomic mass is 32.2. The number of carbonyl (C=O) groups excluding carboxylic acids is 1. The van der Waals surface area contributed by atoms with Crippen LogP contribution >= 0.6 is 11.8 Å². The first-order valence-electron chi connectivity index (χ1n) is 7.55. The Labute approximate surface area is 150 Å². The van der Waals surface area contributed by atoms with Gasteiger partial charge in [-0.25, -0.2) is 0 Å². The molecule has 0 aliphatic heterocycles. The minimum Gasteiger partial charge on any atom is -0.457 e. The molecule has 0 aliphatic rings. The number of hydrogen-bond acceptors (Lipinski definition) is 4. The molecule has 0 fully saturated rings. The minimum atomic E-state index is -0.202. The maximum absolute atomic E-state index is 12.3. The Hall–Kier alpha value is -3.23. The molecule has 0 bridgehead atoms. The van der Waals surface area contributed by atoms with Crippen LogP contribution in [0.1, 0.15) is 10.4 Å². The van der Waals surface area contributed by atoms with Crippen LogP contribution in [0.2, 0.25) is 0 Å². The van der Waals surface area contributed by atoms with Gasteiger partial charge >= 0.3 is 0 Å². The van der Waals surface area contributed by atoms with Crippen molar-refractivity contribution in [1.82, 2.24) is 0 Å². The van der Waals surface area contributed by atoms with E-state index in [9.17, 15) is 4.79 Å². The van der Waals surface area contributed by atoms with E-state index in [1.54, 1.807) is 48.5 Å². The zero-order valence-corrected chi connectivity index (χ0v) is 14.0. The molecular formula is C20H14N2O2S. The van der Waals surface area contributed by atoms with E-state index >= 15 is 0 Å². The van der Waals surface area contributed by atoms with Crippen LogP contribution in [-0.4, -0.2) is 5.91 Å². The summed E-state index contributed by atoms with van der Waals surface area (Å²) in [5, 5.41) is 13.5. The molecule has 4 nitrogen and oxygen atoms in total. The van der Waals surface area contributed by atoms with E-state index in [0.29, 0.717) is 17.0 Å². The average molecular weight is 346 g/mol. The lowest BCUT2D eigenvalue weighted by Crippen LogP contribution is -2.11. The Balaban J connectivity index is 1.63. The van der Waals surface area contributed by atoms with Gasteiger partial charge in [-0.15, -0.1) is 0 Å². The number of carbonyl (C=O) groups is 1. The number of thioether (sulfide) groups is 1. The Morgan fingerprint density at radius 3 is 2.16 bits per heavy atom. The monoisotopic (exact) mass is 346 g/mol. The highest BCUT2D eigenvalue weighted by molar-refractivity contribution is 8.03. The van der Waals surface area contributed by atoms with Gasteiger partial charge in [-0.05, 0) is 72.4 Å². The van der Waals surface area contributed by atoms with Crippen molar-refractivity contribution in [3.8, 4) is 16.9 Å². The zero-order valence-electron chi connectivity index (χ0n) is 13.2. The van der Waals surface area contributed by atoms with Gasteiger partial charge in [0.1, 0.15) is 16.9 Å². The van der Waals surface area contributed by atoms with Gasteiger partial charge in [0.2, 0.25) is 0 Å². The molecule has 0 spiro atoms. The Bertz CT molecular complexity index is 886. The second-order valence-corrected chi connectivity index (χ2v) is 5.97. The van der Waals surface area contributed by atoms with Crippen LogP contribution in [0.3, 0.4) is 0 Å². The van der Waals surface area contributed by atoms with Gasteiger partial charge in [0, 0.05) is 16.1 Å². The maximum atomic E-state index is 12.3. The van der Waals surface area contributed by atoms with Crippen LogP contribution < -0.4 is 10.1 Å². The van der Waals surface area contributed by atoms with Crippen molar-refractivity contribution in [3.63, 3.8) is 0 Å². The van der Waals surface area contributed by atoms with Gasteiger partial charge < -0.3 is 10.1 Å². The fourth-order valence-electron chi connectivity index (χ4n) is 2.16. The summed E-state index contributed by atoms with van der Waals surface area (Å²) < 4.78 is 5.71. The van der Waals surface area contributed by atoms with Gasteiger partial charge in [-0.1, -0.05) is 18.2 Å². The Kier molecular flexibility index (Phi) is 5.35. The number of ether oxygens (including phenoxy) is 1. The minimum absolute atomic E-state index is 0.202. The summed E-state index contributed by atoms with van der Waals surface area (Å²) in [4.78, 5) is 13.1.